The molecule has 1 aromatic heterocycles. The number of anilines is 1. The van der Waals surface area contributed by atoms with Crippen molar-refractivity contribution in [3.05, 3.63) is 75.1 Å². The van der Waals surface area contributed by atoms with Gasteiger partial charge in [-0.05, 0) is 43.0 Å². The second-order valence-corrected chi connectivity index (χ2v) is 7.96. The lowest BCUT2D eigenvalue weighted by Crippen LogP contribution is -2.31. The molecule has 10 heteroatoms. The van der Waals surface area contributed by atoms with Gasteiger partial charge in [-0.15, -0.1) is 0 Å². The monoisotopic (exact) mass is 466 g/mol. The highest BCUT2D eigenvalue weighted by atomic mass is 19.4. The third-order valence-electron chi connectivity index (χ3n) is 5.77. The summed E-state index contributed by atoms with van der Waals surface area (Å²) in [5.74, 6) is -3.56. The molecular weight excluding hydrogens is 447 g/mol. The predicted octanol–water partition coefficient (Wildman–Crippen LogP) is 5.04. The van der Waals surface area contributed by atoms with E-state index < -0.39 is 45.7 Å². The molecule has 0 atom stereocenters. The molecule has 0 spiro atoms. The summed E-state index contributed by atoms with van der Waals surface area (Å²) in [5.41, 5.74) is -2.89. The van der Waals surface area contributed by atoms with E-state index in [4.69, 9.17) is 0 Å². The number of carboxylic acid groups (broad SMARTS) is 1. The van der Waals surface area contributed by atoms with Crippen LogP contribution in [0, 0.1) is 11.6 Å². The number of alkyl halides is 3. The lowest BCUT2D eigenvalue weighted by atomic mass is 10.1. The summed E-state index contributed by atoms with van der Waals surface area (Å²) in [5, 5.41) is 8.96. The Balaban J connectivity index is 1.90. The Morgan fingerprint density at radius 3 is 2.24 bits per heavy atom. The number of pyridine rings is 1. The Kier molecular flexibility index (Phi) is 5.85. The second-order valence-electron chi connectivity index (χ2n) is 7.96. The van der Waals surface area contributed by atoms with Crippen molar-refractivity contribution in [1.82, 2.24) is 4.57 Å². The highest BCUT2D eigenvalue weighted by Gasteiger charge is 2.30. The summed E-state index contributed by atoms with van der Waals surface area (Å²) in [7, 11) is 0. The molecule has 2 heterocycles. The van der Waals surface area contributed by atoms with Crippen LogP contribution in [0.15, 0.2) is 41.3 Å². The van der Waals surface area contributed by atoms with Gasteiger partial charge in [0.2, 0.25) is 5.43 Å². The van der Waals surface area contributed by atoms with Gasteiger partial charge in [-0.25, -0.2) is 13.6 Å². The number of nitrogens with zero attached hydrogens (tertiary/aromatic N) is 2. The SMILES string of the molecule is O=C(O)c1cn(Cc2ccc(C(F)(F)F)cc2)c2c(F)c(N3CCCCC3)c(F)cc2c1=O. The minimum atomic E-state index is -4.54. The smallest absolute Gasteiger partial charge is 0.416 e. The van der Waals surface area contributed by atoms with E-state index in [-0.39, 0.29) is 17.7 Å². The van der Waals surface area contributed by atoms with Crippen LogP contribution < -0.4 is 10.3 Å². The van der Waals surface area contributed by atoms with E-state index in [1.54, 1.807) is 4.90 Å². The zero-order valence-electron chi connectivity index (χ0n) is 17.3. The molecule has 0 bridgehead atoms. The maximum absolute atomic E-state index is 15.7. The number of hydrogen-bond donors (Lipinski definition) is 1. The first-order chi connectivity index (χ1) is 15.6. The average Bonchev–Trinajstić information content (AvgIpc) is 2.76. The summed E-state index contributed by atoms with van der Waals surface area (Å²) >= 11 is 0. The Labute approximate surface area is 184 Å². The number of fused-ring (bicyclic) bond motifs is 1. The van der Waals surface area contributed by atoms with Crippen LogP contribution in [0.1, 0.15) is 40.7 Å². The van der Waals surface area contributed by atoms with E-state index in [1.165, 1.54) is 12.1 Å². The number of halogens is 5. The quantitative estimate of drug-likeness (QED) is 0.548. The molecule has 4 rings (SSSR count). The van der Waals surface area contributed by atoms with Crippen molar-refractivity contribution in [3.63, 3.8) is 0 Å². The van der Waals surface area contributed by atoms with Crippen LogP contribution in [0.3, 0.4) is 0 Å². The number of benzene rings is 2. The molecule has 0 amide bonds. The first-order valence-corrected chi connectivity index (χ1v) is 10.3. The van der Waals surface area contributed by atoms with Crippen molar-refractivity contribution in [2.75, 3.05) is 18.0 Å². The van der Waals surface area contributed by atoms with Crippen molar-refractivity contribution in [2.45, 2.75) is 32.0 Å². The van der Waals surface area contributed by atoms with Crippen LogP contribution in [0.2, 0.25) is 0 Å². The Bertz CT molecular complexity index is 1280. The Hall–Kier alpha value is -3.43. The van der Waals surface area contributed by atoms with Crippen LogP contribution in [-0.2, 0) is 12.7 Å². The Morgan fingerprint density at radius 2 is 1.67 bits per heavy atom. The number of aromatic nitrogens is 1. The lowest BCUT2D eigenvalue weighted by Gasteiger charge is -2.30. The lowest BCUT2D eigenvalue weighted by molar-refractivity contribution is -0.137. The van der Waals surface area contributed by atoms with E-state index in [9.17, 15) is 32.3 Å². The molecule has 33 heavy (non-hydrogen) atoms. The summed E-state index contributed by atoms with van der Waals surface area (Å²) in [6.45, 7) is 0.628. The number of carboxylic acids is 1. The molecule has 3 aromatic rings. The van der Waals surface area contributed by atoms with Gasteiger partial charge < -0.3 is 14.6 Å². The van der Waals surface area contributed by atoms with Gasteiger partial charge in [-0.2, -0.15) is 13.2 Å². The van der Waals surface area contributed by atoms with Crippen molar-refractivity contribution in [3.8, 4) is 0 Å². The molecule has 2 aromatic carbocycles. The fourth-order valence-corrected chi connectivity index (χ4v) is 4.16. The van der Waals surface area contributed by atoms with Crippen molar-refractivity contribution in [2.24, 2.45) is 0 Å². The van der Waals surface area contributed by atoms with E-state index in [2.05, 4.69) is 0 Å². The van der Waals surface area contributed by atoms with Crippen molar-refractivity contribution < 1.29 is 31.9 Å². The number of hydrogen-bond acceptors (Lipinski definition) is 3. The first-order valence-electron chi connectivity index (χ1n) is 10.3. The summed E-state index contributed by atoms with van der Waals surface area (Å²) in [6, 6.07) is 4.90. The van der Waals surface area contributed by atoms with Crippen LogP contribution in [0.5, 0.6) is 0 Å². The minimum absolute atomic E-state index is 0.225. The van der Waals surface area contributed by atoms with Crippen LogP contribution in [0.25, 0.3) is 10.9 Å². The van der Waals surface area contributed by atoms with Gasteiger partial charge in [0.25, 0.3) is 0 Å². The normalized spacial score (nSPS) is 14.6. The first kappa shape index (κ1) is 22.8. The van der Waals surface area contributed by atoms with Crippen LogP contribution in [-0.4, -0.2) is 28.7 Å². The van der Waals surface area contributed by atoms with Gasteiger partial charge in [0.05, 0.1) is 16.5 Å². The molecule has 5 nitrogen and oxygen atoms in total. The minimum Gasteiger partial charge on any atom is -0.477 e. The third kappa shape index (κ3) is 4.29. The zero-order valence-corrected chi connectivity index (χ0v) is 17.3. The number of rotatable bonds is 4. The fraction of sp³-hybridized carbons (Fsp3) is 0.304. The number of piperidine rings is 1. The highest BCUT2D eigenvalue weighted by Crippen LogP contribution is 2.33. The number of carbonyl (C=O) groups is 1. The van der Waals surface area contributed by atoms with Crippen LogP contribution in [0.4, 0.5) is 27.6 Å². The van der Waals surface area contributed by atoms with E-state index in [0.717, 1.165) is 48.2 Å². The fourth-order valence-electron chi connectivity index (χ4n) is 4.16. The maximum atomic E-state index is 15.7. The largest absolute Gasteiger partial charge is 0.477 e. The molecule has 1 aliphatic rings. The van der Waals surface area contributed by atoms with Gasteiger partial charge in [-0.3, -0.25) is 4.79 Å². The highest BCUT2D eigenvalue weighted by molar-refractivity contribution is 5.94. The molecular formula is C23H19F5N2O3. The topological polar surface area (TPSA) is 62.5 Å². The molecule has 1 aliphatic heterocycles. The zero-order chi connectivity index (χ0) is 23.9. The summed E-state index contributed by atoms with van der Waals surface area (Å²) < 4.78 is 70.3. The molecule has 1 saturated heterocycles. The standard InChI is InChI=1S/C23H19F5N2O3/c24-17-10-15-19(18(25)20(17)29-8-2-1-3-9-29)30(12-16(21(15)31)22(32)33)11-13-4-6-14(7-5-13)23(26,27)28/h4-7,10,12H,1-3,8-9,11H2,(H,32,33). The van der Waals surface area contributed by atoms with Crippen LogP contribution >= 0.6 is 0 Å². The summed E-state index contributed by atoms with van der Waals surface area (Å²) in [4.78, 5) is 25.8. The third-order valence-corrected chi connectivity index (χ3v) is 5.77. The van der Waals surface area contributed by atoms with Gasteiger partial charge in [0, 0.05) is 25.8 Å². The second kappa shape index (κ2) is 8.49. The molecule has 0 unspecified atom stereocenters. The summed E-state index contributed by atoms with van der Waals surface area (Å²) in [6.07, 6.45) is -1.19. The molecule has 0 saturated carbocycles. The van der Waals surface area contributed by atoms with E-state index in [0.29, 0.717) is 18.7 Å². The molecule has 1 fully saturated rings. The van der Waals surface area contributed by atoms with Gasteiger partial charge in [0.1, 0.15) is 17.1 Å². The van der Waals surface area contributed by atoms with Crippen molar-refractivity contribution >= 4 is 22.6 Å². The van der Waals surface area contributed by atoms with Gasteiger partial charge in [-0.1, -0.05) is 12.1 Å². The van der Waals surface area contributed by atoms with E-state index in [1.807, 2.05) is 0 Å². The molecule has 1 N–H and O–H groups in total. The number of aromatic carboxylic acids is 1. The van der Waals surface area contributed by atoms with Gasteiger partial charge in [0.15, 0.2) is 5.82 Å². The molecule has 0 aliphatic carbocycles. The predicted molar refractivity (Wildman–Crippen MR) is 112 cm³/mol. The average molecular weight is 466 g/mol. The molecule has 0 radical (unpaired) electrons. The van der Waals surface area contributed by atoms with Crippen molar-refractivity contribution in [1.29, 1.82) is 0 Å². The Morgan fingerprint density at radius 1 is 1.03 bits per heavy atom. The van der Waals surface area contributed by atoms with E-state index >= 15 is 4.39 Å². The van der Waals surface area contributed by atoms with Gasteiger partial charge >= 0.3 is 12.1 Å². The molecule has 174 valence electrons. The maximum Gasteiger partial charge on any atom is 0.416 e.